The molecule has 1 heterocycles. The highest BCUT2D eigenvalue weighted by Gasteiger charge is 2.45. The zero-order chi connectivity index (χ0) is 11.2. The van der Waals surface area contributed by atoms with Crippen molar-refractivity contribution in [3.8, 4) is 5.75 Å². The number of ether oxygens (including phenoxy) is 1. The Bertz CT molecular complexity index is 497. The number of benzene rings is 1. The van der Waals surface area contributed by atoms with Crippen molar-refractivity contribution in [3.05, 3.63) is 28.8 Å². The predicted octanol–water partition coefficient (Wildman–Crippen LogP) is 2.25. The second-order valence-corrected chi connectivity index (χ2v) is 4.61. The molecule has 0 bridgehead atoms. The molecule has 3 nitrogen and oxygen atoms in total. The molecule has 0 amide bonds. The smallest absolute Gasteiger partial charge is 0.235 e. The molecule has 0 unspecified atom stereocenters. The molecular formula is C13H13NO2. The van der Waals surface area contributed by atoms with E-state index in [-0.39, 0.29) is 5.54 Å². The molecule has 3 heteroatoms. The molecule has 2 aliphatic rings. The van der Waals surface area contributed by atoms with Gasteiger partial charge in [-0.3, -0.25) is 0 Å². The van der Waals surface area contributed by atoms with Crippen LogP contribution in [0.2, 0.25) is 0 Å². The molecule has 0 aromatic heterocycles. The largest absolute Gasteiger partial charge is 0.493 e. The number of isocyanates is 1. The van der Waals surface area contributed by atoms with Gasteiger partial charge in [0.15, 0.2) is 0 Å². The fourth-order valence-corrected chi connectivity index (χ4v) is 2.44. The third kappa shape index (κ3) is 1.29. The first kappa shape index (κ1) is 9.61. The molecule has 16 heavy (non-hydrogen) atoms. The number of hydrogen-bond acceptors (Lipinski definition) is 3. The average Bonchev–Trinajstić information content (AvgIpc) is 2.89. The van der Waals surface area contributed by atoms with E-state index in [1.54, 1.807) is 6.08 Å². The number of hydrogen-bond donors (Lipinski definition) is 0. The van der Waals surface area contributed by atoms with E-state index in [0.717, 1.165) is 42.7 Å². The van der Waals surface area contributed by atoms with E-state index in [1.807, 2.05) is 6.92 Å². The van der Waals surface area contributed by atoms with Gasteiger partial charge in [0, 0.05) is 6.42 Å². The van der Waals surface area contributed by atoms with Gasteiger partial charge in [-0.1, -0.05) is 0 Å². The predicted molar refractivity (Wildman–Crippen MR) is 59.4 cm³/mol. The summed E-state index contributed by atoms with van der Waals surface area (Å²) in [5, 5.41) is 0. The summed E-state index contributed by atoms with van der Waals surface area (Å²) >= 11 is 0. The molecule has 1 aliphatic heterocycles. The summed E-state index contributed by atoms with van der Waals surface area (Å²) in [6.45, 7) is 2.82. The van der Waals surface area contributed by atoms with Crippen molar-refractivity contribution in [3.63, 3.8) is 0 Å². The van der Waals surface area contributed by atoms with Crippen LogP contribution in [0.25, 0.3) is 0 Å². The van der Waals surface area contributed by atoms with Crippen LogP contribution < -0.4 is 4.74 Å². The number of nitrogens with zero attached hydrogens (tertiary/aromatic N) is 1. The summed E-state index contributed by atoms with van der Waals surface area (Å²) < 4.78 is 5.57. The van der Waals surface area contributed by atoms with Crippen molar-refractivity contribution >= 4 is 6.08 Å². The molecule has 1 aliphatic carbocycles. The zero-order valence-electron chi connectivity index (χ0n) is 9.25. The van der Waals surface area contributed by atoms with Crippen molar-refractivity contribution in [1.82, 2.24) is 0 Å². The van der Waals surface area contributed by atoms with Crippen LogP contribution >= 0.6 is 0 Å². The Balaban J connectivity index is 2.10. The van der Waals surface area contributed by atoms with Crippen LogP contribution in [0.5, 0.6) is 5.75 Å². The van der Waals surface area contributed by atoms with E-state index in [2.05, 4.69) is 17.1 Å². The maximum atomic E-state index is 10.4. The van der Waals surface area contributed by atoms with Crippen molar-refractivity contribution in [2.45, 2.75) is 31.7 Å². The molecule has 0 radical (unpaired) electrons. The van der Waals surface area contributed by atoms with Gasteiger partial charge in [0.05, 0.1) is 12.1 Å². The highest BCUT2D eigenvalue weighted by Crippen LogP contribution is 2.50. The van der Waals surface area contributed by atoms with Gasteiger partial charge in [-0.15, -0.1) is 0 Å². The Morgan fingerprint density at radius 2 is 2.25 bits per heavy atom. The Kier molecular flexibility index (Phi) is 1.92. The lowest BCUT2D eigenvalue weighted by molar-refractivity contribution is 0.354. The van der Waals surface area contributed by atoms with Gasteiger partial charge < -0.3 is 4.74 Å². The number of rotatable bonds is 2. The standard InChI is InChI=1S/C13H13NO2/c1-9-6-11(13(3-4-13)14-8-15)7-10-2-5-16-12(9)10/h6-7H,2-5H2,1H3. The number of fused-ring (bicyclic) bond motifs is 1. The number of carbonyl (C=O) groups excluding carboxylic acids is 1. The minimum Gasteiger partial charge on any atom is -0.493 e. The molecular weight excluding hydrogens is 202 g/mol. The van der Waals surface area contributed by atoms with Crippen molar-refractivity contribution in [2.24, 2.45) is 4.99 Å². The lowest BCUT2D eigenvalue weighted by Crippen LogP contribution is -2.03. The molecule has 0 spiro atoms. The van der Waals surface area contributed by atoms with Gasteiger partial charge in [0.25, 0.3) is 0 Å². The molecule has 1 saturated carbocycles. The van der Waals surface area contributed by atoms with Gasteiger partial charge in [-0.25, -0.2) is 4.79 Å². The molecule has 3 rings (SSSR count). The van der Waals surface area contributed by atoms with Gasteiger partial charge in [0.1, 0.15) is 5.75 Å². The zero-order valence-corrected chi connectivity index (χ0v) is 9.25. The summed E-state index contributed by atoms with van der Waals surface area (Å²) in [7, 11) is 0. The van der Waals surface area contributed by atoms with Crippen molar-refractivity contribution in [2.75, 3.05) is 6.61 Å². The molecule has 1 aromatic carbocycles. The van der Waals surface area contributed by atoms with Crippen molar-refractivity contribution in [1.29, 1.82) is 0 Å². The van der Waals surface area contributed by atoms with Crippen LogP contribution in [-0.4, -0.2) is 12.7 Å². The second-order valence-electron chi connectivity index (χ2n) is 4.61. The van der Waals surface area contributed by atoms with E-state index >= 15 is 0 Å². The van der Waals surface area contributed by atoms with E-state index < -0.39 is 0 Å². The van der Waals surface area contributed by atoms with Crippen LogP contribution in [0.15, 0.2) is 17.1 Å². The van der Waals surface area contributed by atoms with Crippen molar-refractivity contribution < 1.29 is 9.53 Å². The van der Waals surface area contributed by atoms with Gasteiger partial charge in [-0.05, 0) is 48.6 Å². The summed E-state index contributed by atoms with van der Waals surface area (Å²) in [6, 6.07) is 4.24. The molecule has 1 aromatic rings. The lowest BCUT2D eigenvalue weighted by Gasteiger charge is -2.12. The van der Waals surface area contributed by atoms with E-state index in [4.69, 9.17) is 4.74 Å². The maximum Gasteiger partial charge on any atom is 0.235 e. The summed E-state index contributed by atoms with van der Waals surface area (Å²) in [6.07, 6.45) is 4.58. The summed E-state index contributed by atoms with van der Waals surface area (Å²) in [5.74, 6) is 1.02. The average molecular weight is 215 g/mol. The Labute approximate surface area is 94.1 Å². The van der Waals surface area contributed by atoms with Crippen LogP contribution in [0.3, 0.4) is 0 Å². The van der Waals surface area contributed by atoms with E-state index in [9.17, 15) is 4.79 Å². The Morgan fingerprint density at radius 3 is 2.94 bits per heavy atom. The molecule has 0 saturated heterocycles. The van der Waals surface area contributed by atoms with E-state index in [0.29, 0.717) is 0 Å². The fourth-order valence-electron chi connectivity index (χ4n) is 2.44. The van der Waals surface area contributed by atoms with Gasteiger partial charge in [-0.2, -0.15) is 4.99 Å². The monoisotopic (exact) mass is 215 g/mol. The Hall–Kier alpha value is -1.60. The first-order valence-electron chi connectivity index (χ1n) is 5.61. The highest BCUT2D eigenvalue weighted by molar-refractivity contribution is 5.50. The topological polar surface area (TPSA) is 38.7 Å². The first-order chi connectivity index (χ1) is 7.75. The third-order valence-electron chi connectivity index (χ3n) is 3.49. The van der Waals surface area contributed by atoms with Gasteiger partial charge >= 0.3 is 0 Å². The van der Waals surface area contributed by atoms with Gasteiger partial charge in [0.2, 0.25) is 6.08 Å². The highest BCUT2D eigenvalue weighted by atomic mass is 16.5. The van der Waals surface area contributed by atoms with Crippen LogP contribution in [0, 0.1) is 6.92 Å². The molecule has 0 atom stereocenters. The number of aryl methyl sites for hydroxylation is 1. The minimum atomic E-state index is -0.260. The minimum absolute atomic E-state index is 0.260. The van der Waals surface area contributed by atoms with Crippen LogP contribution in [-0.2, 0) is 16.8 Å². The normalized spacial score (nSPS) is 19.6. The quantitative estimate of drug-likeness (QED) is 0.560. The number of aliphatic imine (C=N–C) groups is 1. The Morgan fingerprint density at radius 1 is 1.44 bits per heavy atom. The van der Waals surface area contributed by atoms with Crippen LogP contribution in [0.4, 0.5) is 0 Å². The summed E-state index contributed by atoms with van der Waals surface area (Å²) in [5.41, 5.74) is 3.29. The lowest BCUT2D eigenvalue weighted by atomic mass is 9.98. The van der Waals surface area contributed by atoms with E-state index in [1.165, 1.54) is 5.56 Å². The molecule has 1 fully saturated rings. The summed E-state index contributed by atoms with van der Waals surface area (Å²) in [4.78, 5) is 14.4. The third-order valence-corrected chi connectivity index (χ3v) is 3.49. The molecule has 82 valence electrons. The second kappa shape index (κ2) is 3.19. The van der Waals surface area contributed by atoms with Crippen LogP contribution in [0.1, 0.15) is 29.5 Å². The first-order valence-corrected chi connectivity index (χ1v) is 5.61. The molecule has 0 N–H and O–H groups in total. The fraction of sp³-hybridized carbons (Fsp3) is 0.462. The SMILES string of the molecule is Cc1cc(C2(N=C=O)CC2)cc2c1OCC2. The maximum absolute atomic E-state index is 10.4.